The summed E-state index contributed by atoms with van der Waals surface area (Å²) >= 11 is 0. The van der Waals surface area contributed by atoms with E-state index in [1.807, 2.05) is 39.0 Å². The number of carbonyl (C=O) groups is 1. The molecule has 0 amide bonds. The molecule has 4 heteroatoms. The van der Waals surface area contributed by atoms with Gasteiger partial charge in [-0.2, -0.15) is 0 Å². The van der Waals surface area contributed by atoms with Gasteiger partial charge in [0.2, 0.25) is 0 Å². The van der Waals surface area contributed by atoms with Crippen LogP contribution in [-0.4, -0.2) is 36.1 Å². The molecule has 23 heavy (non-hydrogen) atoms. The highest BCUT2D eigenvalue weighted by atomic mass is 16.6. The van der Waals surface area contributed by atoms with Crippen LogP contribution in [0.15, 0.2) is 40.8 Å². The number of fused-ring (bicyclic) bond motifs is 1. The van der Waals surface area contributed by atoms with Crippen LogP contribution in [0.2, 0.25) is 0 Å². The van der Waals surface area contributed by atoms with Crippen molar-refractivity contribution in [1.82, 2.24) is 4.90 Å². The zero-order valence-electron chi connectivity index (χ0n) is 14.0. The van der Waals surface area contributed by atoms with E-state index in [0.29, 0.717) is 6.54 Å². The van der Waals surface area contributed by atoms with Crippen molar-refractivity contribution >= 4 is 22.5 Å². The molecule has 2 heterocycles. The third-order valence-electron chi connectivity index (χ3n) is 3.81. The minimum absolute atomic E-state index is 0.168. The first-order valence-electron chi connectivity index (χ1n) is 8.03. The quantitative estimate of drug-likeness (QED) is 0.807. The summed E-state index contributed by atoms with van der Waals surface area (Å²) in [5, 5.41) is 1.12. The van der Waals surface area contributed by atoms with Crippen molar-refractivity contribution in [3.8, 4) is 0 Å². The average molecular weight is 313 g/mol. The third-order valence-corrected chi connectivity index (χ3v) is 3.81. The van der Waals surface area contributed by atoms with E-state index in [1.54, 1.807) is 0 Å². The number of para-hydroxylation sites is 1. The summed E-state index contributed by atoms with van der Waals surface area (Å²) in [7, 11) is 0. The molecule has 0 saturated heterocycles. The van der Waals surface area contributed by atoms with Crippen LogP contribution in [0.25, 0.3) is 16.5 Å². The van der Waals surface area contributed by atoms with Gasteiger partial charge in [0.1, 0.15) is 16.9 Å². The molecule has 0 radical (unpaired) electrons. The molecule has 0 spiro atoms. The molecule has 1 aliphatic rings. The van der Waals surface area contributed by atoms with E-state index in [9.17, 15) is 4.79 Å². The number of hydrogen-bond donors (Lipinski definition) is 0. The van der Waals surface area contributed by atoms with Crippen LogP contribution in [0.4, 0.5) is 0 Å². The topological polar surface area (TPSA) is 42.7 Å². The summed E-state index contributed by atoms with van der Waals surface area (Å²) in [6.07, 6.45) is 3.02. The molecule has 0 N–H and O–H groups in total. The largest absolute Gasteiger partial charge is 0.459 e. The molecule has 1 aromatic heterocycles. The van der Waals surface area contributed by atoms with Gasteiger partial charge in [0.25, 0.3) is 0 Å². The minimum atomic E-state index is -0.428. The van der Waals surface area contributed by atoms with E-state index in [4.69, 9.17) is 9.15 Å². The van der Waals surface area contributed by atoms with Gasteiger partial charge in [-0.1, -0.05) is 24.3 Å². The summed E-state index contributed by atoms with van der Waals surface area (Å²) < 4.78 is 11.3. The first-order chi connectivity index (χ1) is 10.9. The lowest BCUT2D eigenvalue weighted by atomic mass is 10.1. The van der Waals surface area contributed by atoms with E-state index >= 15 is 0 Å². The highest BCUT2D eigenvalue weighted by Gasteiger charge is 2.21. The summed E-state index contributed by atoms with van der Waals surface area (Å²) in [6.45, 7) is 7.58. The zero-order valence-corrected chi connectivity index (χ0v) is 14.0. The van der Waals surface area contributed by atoms with Crippen molar-refractivity contribution in [2.24, 2.45) is 0 Å². The monoisotopic (exact) mass is 313 g/mol. The molecule has 0 bridgehead atoms. The second kappa shape index (κ2) is 6.20. The minimum Gasteiger partial charge on any atom is -0.459 e. The van der Waals surface area contributed by atoms with E-state index in [-0.39, 0.29) is 5.97 Å². The average Bonchev–Trinajstić information content (AvgIpc) is 2.89. The zero-order chi connectivity index (χ0) is 16.4. The van der Waals surface area contributed by atoms with Crippen LogP contribution in [0.5, 0.6) is 0 Å². The molecule has 0 aliphatic carbocycles. The molecule has 1 aliphatic heterocycles. The van der Waals surface area contributed by atoms with Crippen LogP contribution in [0.3, 0.4) is 0 Å². The van der Waals surface area contributed by atoms with Crippen molar-refractivity contribution < 1.29 is 13.9 Å². The number of furan rings is 1. The summed E-state index contributed by atoms with van der Waals surface area (Å²) in [6, 6.07) is 10.1. The maximum atomic E-state index is 11.9. The molecule has 4 nitrogen and oxygen atoms in total. The smallest absolute Gasteiger partial charge is 0.320 e. The van der Waals surface area contributed by atoms with Gasteiger partial charge in [-0.25, -0.2) is 0 Å². The number of carbonyl (C=O) groups excluding carboxylic acids is 1. The van der Waals surface area contributed by atoms with Gasteiger partial charge in [-0.3, -0.25) is 9.69 Å². The van der Waals surface area contributed by atoms with E-state index in [1.165, 1.54) is 5.57 Å². The summed E-state index contributed by atoms with van der Waals surface area (Å²) in [4.78, 5) is 14.0. The van der Waals surface area contributed by atoms with E-state index in [2.05, 4.69) is 23.1 Å². The molecule has 2 aromatic rings. The first kappa shape index (κ1) is 15.8. The van der Waals surface area contributed by atoms with Crippen LogP contribution in [-0.2, 0) is 9.53 Å². The SMILES string of the molecule is CC(C)(C)OC(=O)CN1CC=C(c2cc3ccccc3o2)CC1. The highest BCUT2D eigenvalue weighted by molar-refractivity contribution is 5.82. The standard InChI is InChI=1S/C19H23NO3/c1-19(2,3)23-18(21)13-20-10-8-14(9-11-20)17-12-15-6-4-5-7-16(15)22-17/h4-8,12H,9-11,13H2,1-3H3. The van der Waals surface area contributed by atoms with Gasteiger partial charge >= 0.3 is 5.97 Å². The Morgan fingerprint density at radius 3 is 2.74 bits per heavy atom. The fourth-order valence-electron chi connectivity index (χ4n) is 2.78. The molecule has 0 atom stereocenters. The Balaban J connectivity index is 1.63. The molecular weight excluding hydrogens is 290 g/mol. The maximum Gasteiger partial charge on any atom is 0.320 e. The lowest BCUT2D eigenvalue weighted by Gasteiger charge is -2.27. The number of nitrogens with zero attached hydrogens (tertiary/aromatic N) is 1. The van der Waals surface area contributed by atoms with Crippen molar-refractivity contribution in [1.29, 1.82) is 0 Å². The number of rotatable bonds is 3. The van der Waals surface area contributed by atoms with Crippen molar-refractivity contribution in [2.45, 2.75) is 32.8 Å². The molecule has 0 saturated carbocycles. The molecular formula is C19H23NO3. The molecule has 1 aromatic carbocycles. The second-order valence-electron chi connectivity index (χ2n) is 6.95. The predicted molar refractivity (Wildman–Crippen MR) is 91.1 cm³/mol. The van der Waals surface area contributed by atoms with Crippen LogP contribution in [0.1, 0.15) is 33.0 Å². The summed E-state index contributed by atoms with van der Waals surface area (Å²) in [5.41, 5.74) is 1.70. The maximum absolute atomic E-state index is 11.9. The van der Waals surface area contributed by atoms with E-state index in [0.717, 1.165) is 36.2 Å². The van der Waals surface area contributed by atoms with Crippen molar-refractivity contribution in [3.05, 3.63) is 42.2 Å². The number of hydrogen-bond acceptors (Lipinski definition) is 4. The third kappa shape index (κ3) is 4.02. The second-order valence-corrected chi connectivity index (χ2v) is 6.95. The van der Waals surface area contributed by atoms with Crippen LogP contribution < -0.4 is 0 Å². The Bertz CT molecular complexity index is 703. The Hall–Kier alpha value is -2.07. The first-order valence-corrected chi connectivity index (χ1v) is 8.03. The fraction of sp³-hybridized carbons (Fsp3) is 0.421. The summed E-state index contributed by atoms with van der Waals surface area (Å²) in [5.74, 6) is 0.765. The van der Waals surface area contributed by atoms with Crippen LogP contribution in [0, 0.1) is 0 Å². The number of benzene rings is 1. The fourth-order valence-corrected chi connectivity index (χ4v) is 2.78. The number of esters is 1. The molecule has 0 unspecified atom stereocenters. The van der Waals surface area contributed by atoms with Crippen LogP contribution >= 0.6 is 0 Å². The van der Waals surface area contributed by atoms with Gasteiger partial charge in [-0.05, 0) is 44.9 Å². The Kier molecular flexibility index (Phi) is 4.26. The Labute approximate surface area is 136 Å². The van der Waals surface area contributed by atoms with Gasteiger partial charge in [0.05, 0.1) is 6.54 Å². The predicted octanol–water partition coefficient (Wildman–Crippen LogP) is 3.86. The lowest BCUT2D eigenvalue weighted by molar-refractivity contribution is -0.156. The normalized spacial score (nSPS) is 16.4. The van der Waals surface area contributed by atoms with Gasteiger partial charge < -0.3 is 9.15 Å². The van der Waals surface area contributed by atoms with Crippen molar-refractivity contribution in [3.63, 3.8) is 0 Å². The lowest BCUT2D eigenvalue weighted by Crippen LogP contribution is -2.37. The Morgan fingerprint density at radius 1 is 1.30 bits per heavy atom. The molecule has 122 valence electrons. The van der Waals surface area contributed by atoms with Gasteiger partial charge in [0, 0.05) is 18.5 Å². The van der Waals surface area contributed by atoms with E-state index < -0.39 is 5.60 Å². The van der Waals surface area contributed by atoms with Gasteiger partial charge in [-0.15, -0.1) is 0 Å². The molecule has 3 rings (SSSR count). The molecule has 0 fully saturated rings. The highest BCUT2D eigenvalue weighted by Crippen LogP contribution is 2.28. The number of ether oxygens (including phenoxy) is 1. The Morgan fingerprint density at radius 2 is 2.09 bits per heavy atom. The van der Waals surface area contributed by atoms with Gasteiger partial charge in [0.15, 0.2) is 0 Å². The van der Waals surface area contributed by atoms with Crippen molar-refractivity contribution in [2.75, 3.05) is 19.6 Å².